The van der Waals surface area contributed by atoms with E-state index < -0.39 is 18.1 Å². The van der Waals surface area contributed by atoms with Crippen molar-refractivity contribution in [2.45, 2.75) is 39.8 Å². The fourth-order valence-corrected chi connectivity index (χ4v) is 1.19. The zero-order valence-electron chi connectivity index (χ0n) is 11.6. The Bertz CT molecular complexity index is 311. The topological polar surface area (TPSA) is 77.0 Å². The van der Waals surface area contributed by atoms with E-state index in [0.717, 1.165) is 5.71 Å². The Kier molecular flexibility index (Phi) is 7.94. The van der Waals surface area contributed by atoms with Gasteiger partial charge in [0.05, 0.1) is 6.61 Å². The minimum atomic E-state index is -0.691. The highest BCUT2D eigenvalue weighted by molar-refractivity contribution is 5.89. The minimum absolute atomic E-state index is 0.178. The monoisotopic (exact) mass is 258 g/mol. The summed E-state index contributed by atoms with van der Waals surface area (Å²) in [4.78, 5) is 27.2. The third-order valence-electron chi connectivity index (χ3n) is 2.08. The van der Waals surface area contributed by atoms with Gasteiger partial charge in [-0.1, -0.05) is 0 Å². The summed E-state index contributed by atoms with van der Waals surface area (Å²) >= 11 is 0. The average Bonchev–Trinajstić information content (AvgIpc) is 2.28. The summed E-state index contributed by atoms with van der Waals surface area (Å²) in [5.74, 6) is -0.780. The van der Waals surface area contributed by atoms with Gasteiger partial charge in [-0.25, -0.2) is 4.79 Å². The maximum Gasteiger partial charge on any atom is 0.328 e. The van der Waals surface area contributed by atoms with Crippen LogP contribution in [0, 0.1) is 0 Å². The summed E-state index contributed by atoms with van der Waals surface area (Å²) in [6.45, 7) is 7.38. The molecule has 0 rings (SSSR count). The zero-order valence-corrected chi connectivity index (χ0v) is 11.6. The summed E-state index contributed by atoms with van der Waals surface area (Å²) in [5.41, 5.74) is 0.813. The van der Waals surface area contributed by atoms with E-state index in [9.17, 15) is 9.59 Å². The van der Waals surface area contributed by atoms with Gasteiger partial charge >= 0.3 is 5.97 Å². The molecule has 0 heterocycles. The predicted octanol–water partition coefficient (Wildman–Crippen LogP) is 0.550. The number of rotatable bonds is 7. The number of hydrogen-bond acceptors (Lipinski definition) is 5. The van der Waals surface area contributed by atoms with Crippen LogP contribution in [-0.2, 0) is 19.1 Å². The lowest BCUT2D eigenvalue weighted by Gasteiger charge is -2.15. The molecule has 1 amide bonds. The van der Waals surface area contributed by atoms with Gasteiger partial charge in [0.2, 0.25) is 5.91 Å². The lowest BCUT2D eigenvalue weighted by atomic mass is 10.2. The zero-order chi connectivity index (χ0) is 14.1. The lowest BCUT2D eigenvalue weighted by Crippen LogP contribution is -2.43. The van der Waals surface area contributed by atoms with E-state index >= 15 is 0 Å². The number of amides is 1. The Labute approximate surface area is 108 Å². The van der Waals surface area contributed by atoms with E-state index in [4.69, 9.17) is 9.47 Å². The molecule has 0 fully saturated rings. The molecule has 2 atom stereocenters. The third kappa shape index (κ3) is 7.01. The molecular weight excluding hydrogens is 236 g/mol. The summed E-state index contributed by atoms with van der Waals surface area (Å²) in [6.07, 6.45) is 0. The molecule has 1 N–H and O–H groups in total. The summed E-state index contributed by atoms with van der Waals surface area (Å²) in [6, 6.07) is -1.20. The molecule has 6 nitrogen and oxygen atoms in total. The molecule has 0 aliphatic rings. The van der Waals surface area contributed by atoms with Crippen LogP contribution in [0.4, 0.5) is 0 Å². The van der Waals surface area contributed by atoms with Gasteiger partial charge in [-0.2, -0.15) is 0 Å². The number of carbonyl (C=O) groups excluding carboxylic acids is 2. The minimum Gasteiger partial charge on any atom is -0.462 e. The molecule has 104 valence electrons. The average molecular weight is 258 g/mol. The van der Waals surface area contributed by atoms with Gasteiger partial charge in [0.25, 0.3) is 0 Å². The molecule has 2 unspecified atom stereocenters. The van der Waals surface area contributed by atoms with Crippen LogP contribution in [0.25, 0.3) is 0 Å². The normalized spacial score (nSPS) is 13.4. The standard InChI is InChI=1S/C12H22N2O4/c1-8(2)13-9(3)11(15)14-10(4)12(16)18-7-6-17-5/h9-10H,6-7H2,1-5H3,(H,14,15). The van der Waals surface area contributed by atoms with Gasteiger partial charge < -0.3 is 14.8 Å². The SMILES string of the molecule is COCCOC(=O)C(C)NC(=O)C(C)N=C(C)C. The van der Waals surface area contributed by atoms with Crippen LogP contribution in [0.15, 0.2) is 4.99 Å². The van der Waals surface area contributed by atoms with E-state index in [2.05, 4.69) is 10.3 Å². The third-order valence-corrected chi connectivity index (χ3v) is 2.08. The molecule has 0 saturated heterocycles. The van der Waals surface area contributed by atoms with Gasteiger partial charge in [-0.3, -0.25) is 9.79 Å². The van der Waals surface area contributed by atoms with E-state index in [1.807, 2.05) is 13.8 Å². The summed E-state index contributed by atoms with van der Waals surface area (Å²) in [7, 11) is 1.52. The molecule has 0 aromatic rings. The van der Waals surface area contributed by atoms with Crippen molar-refractivity contribution in [3.8, 4) is 0 Å². The molecule has 0 aliphatic carbocycles. The van der Waals surface area contributed by atoms with Gasteiger partial charge in [0.15, 0.2) is 0 Å². The van der Waals surface area contributed by atoms with E-state index in [-0.39, 0.29) is 12.5 Å². The Morgan fingerprint density at radius 3 is 2.33 bits per heavy atom. The number of methoxy groups -OCH3 is 1. The Morgan fingerprint density at radius 1 is 1.22 bits per heavy atom. The first-order chi connectivity index (χ1) is 8.38. The molecule has 0 spiro atoms. The molecule has 6 heteroatoms. The first-order valence-electron chi connectivity index (χ1n) is 5.85. The van der Waals surface area contributed by atoms with E-state index in [0.29, 0.717) is 6.61 Å². The van der Waals surface area contributed by atoms with Crippen LogP contribution in [0.1, 0.15) is 27.7 Å². The van der Waals surface area contributed by atoms with Crippen LogP contribution in [0.5, 0.6) is 0 Å². The van der Waals surface area contributed by atoms with Crippen LogP contribution < -0.4 is 5.32 Å². The lowest BCUT2D eigenvalue weighted by molar-refractivity contribution is -0.148. The quantitative estimate of drug-likeness (QED) is 0.411. The van der Waals surface area contributed by atoms with Crippen molar-refractivity contribution >= 4 is 17.6 Å². The van der Waals surface area contributed by atoms with Crippen LogP contribution in [-0.4, -0.2) is 50.0 Å². The molecule has 0 aromatic heterocycles. The fraction of sp³-hybridized carbons (Fsp3) is 0.750. The molecule has 0 aliphatic heterocycles. The van der Waals surface area contributed by atoms with Crippen LogP contribution in [0.2, 0.25) is 0 Å². The molecule has 0 bridgehead atoms. The van der Waals surface area contributed by atoms with Crippen molar-refractivity contribution in [3.05, 3.63) is 0 Å². The number of nitrogens with one attached hydrogen (secondary N) is 1. The Balaban J connectivity index is 4.14. The van der Waals surface area contributed by atoms with Gasteiger partial charge in [-0.05, 0) is 27.7 Å². The largest absolute Gasteiger partial charge is 0.462 e. The number of aliphatic imine (C=N–C) groups is 1. The molecule has 18 heavy (non-hydrogen) atoms. The highest BCUT2D eigenvalue weighted by Gasteiger charge is 2.20. The predicted molar refractivity (Wildman–Crippen MR) is 68.7 cm³/mol. The highest BCUT2D eigenvalue weighted by atomic mass is 16.6. The van der Waals surface area contributed by atoms with Crippen molar-refractivity contribution in [3.63, 3.8) is 0 Å². The summed E-state index contributed by atoms with van der Waals surface area (Å²) in [5, 5.41) is 2.55. The van der Waals surface area contributed by atoms with Crippen molar-refractivity contribution < 1.29 is 19.1 Å². The van der Waals surface area contributed by atoms with Crippen molar-refractivity contribution in [2.24, 2.45) is 4.99 Å². The van der Waals surface area contributed by atoms with Crippen LogP contribution >= 0.6 is 0 Å². The first-order valence-corrected chi connectivity index (χ1v) is 5.85. The highest BCUT2D eigenvalue weighted by Crippen LogP contribution is 1.95. The van der Waals surface area contributed by atoms with E-state index in [1.165, 1.54) is 7.11 Å². The van der Waals surface area contributed by atoms with Crippen molar-refractivity contribution in [1.29, 1.82) is 0 Å². The summed E-state index contributed by atoms with van der Waals surface area (Å²) < 4.78 is 9.64. The first kappa shape index (κ1) is 16.6. The number of carbonyl (C=O) groups is 2. The second kappa shape index (κ2) is 8.63. The second-order valence-corrected chi connectivity index (χ2v) is 4.14. The number of esters is 1. The molecule has 0 aromatic carbocycles. The van der Waals surface area contributed by atoms with Crippen LogP contribution in [0.3, 0.4) is 0 Å². The maximum absolute atomic E-state index is 11.7. The fourth-order valence-electron chi connectivity index (χ4n) is 1.19. The van der Waals surface area contributed by atoms with Gasteiger partial charge in [0, 0.05) is 12.8 Å². The van der Waals surface area contributed by atoms with Crippen molar-refractivity contribution in [2.75, 3.05) is 20.3 Å². The number of hydrogen-bond donors (Lipinski definition) is 1. The maximum atomic E-state index is 11.7. The van der Waals surface area contributed by atoms with E-state index in [1.54, 1.807) is 13.8 Å². The Morgan fingerprint density at radius 2 is 1.83 bits per heavy atom. The molecule has 0 radical (unpaired) electrons. The van der Waals surface area contributed by atoms with Gasteiger partial charge in [0.1, 0.15) is 18.7 Å². The smallest absolute Gasteiger partial charge is 0.328 e. The molecule has 0 saturated carbocycles. The van der Waals surface area contributed by atoms with Crippen molar-refractivity contribution in [1.82, 2.24) is 5.32 Å². The number of ether oxygens (including phenoxy) is 2. The van der Waals surface area contributed by atoms with Gasteiger partial charge in [-0.15, -0.1) is 0 Å². The second-order valence-electron chi connectivity index (χ2n) is 4.14. The number of nitrogens with zero attached hydrogens (tertiary/aromatic N) is 1. The Hall–Kier alpha value is -1.43. The molecular formula is C12H22N2O4.